The van der Waals surface area contributed by atoms with E-state index >= 15 is 0 Å². The highest BCUT2D eigenvalue weighted by atomic mass is 19.1. The van der Waals surface area contributed by atoms with Crippen molar-refractivity contribution in [2.75, 3.05) is 13.2 Å². The third-order valence-corrected chi connectivity index (χ3v) is 3.85. The van der Waals surface area contributed by atoms with E-state index in [9.17, 15) is 14.0 Å². The van der Waals surface area contributed by atoms with Crippen LogP contribution in [0.15, 0.2) is 46.2 Å². The molecule has 1 aliphatic heterocycles. The molecule has 6 heteroatoms. The van der Waals surface area contributed by atoms with Gasteiger partial charge in [-0.15, -0.1) is 0 Å². The van der Waals surface area contributed by atoms with Gasteiger partial charge in [0.15, 0.2) is 0 Å². The zero-order chi connectivity index (χ0) is 15.5. The highest BCUT2D eigenvalue weighted by molar-refractivity contribution is 5.31. The first-order valence-electron chi connectivity index (χ1n) is 7.31. The molecule has 0 bridgehead atoms. The summed E-state index contributed by atoms with van der Waals surface area (Å²) in [6.45, 7) is 1.84. The van der Waals surface area contributed by atoms with Gasteiger partial charge in [-0.25, -0.2) is 4.39 Å². The standard InChI is InChI=1S/C16H17FN2O3/c17-13-4-1-5-14(9-13)19-7-6-18(15(20)16(19)21)10-12-3-2-8-22-11-12/h1,4-7,9,12H,2-3,8,10-11H2. The third kappa shape index (κ3) is 3.01. The molecule has 1 atom stereocenters. The lowest BCUT2D eigenvalue weighted by Gasteiger charge is -2.22. The van der Waals surface area contributed by atoms with E-state index in [0.717, 1.165) is 19.4 Å². The molecule has 1 aliphatic rings. The van der Waals surface area contributed by atoms with E-state index in [1.165, 1.54) is 33.5 Å². The number of nitrogens with zero attached hydrogens (tertiary/aromatic N) is 2. The van der Waals surface area contributed by atoms with Gasteiger partial charge in [-0.2, -0.15) is 0 Å². The Morgan fingerprint density at radius 3 is 2.82 bits per heavy atom. The lowest BCUT2D eigenvalue weighted by atomic mass is 10.0. The predicted octanol–water partition coefficient (Wildman–Crippen LogP) is 1.56. The van der Waals surface area contributed by atoms with Crippen molar-refractivity contribution in [3.63, 3.8) is 0 Å². The number of rotatable bonds is 3. The van der Waals surface area contributed by atoms with E-state index < -0.39 is 16.9 Å². The van der Waals surface area contributed by atoms with E-state index in [1.807, 2.05) is 0 Å². The summed E-state index contributed by atoms with van der Waals surface area (Å²) in [6, 6.07) is 5.60. The normalized spacial score (nSPS) is 18.3. The second-order valence-electron chi connectivity index (χ2n) is 5.49. The van der Waals surface area contributed by atoms with Gasteiger partial charge in [0.1, 0.15) is 5.82 Å². The van der Waals surface area contributed by atoms with Gasteiger partial charge in [-0.05, 0) is 31.0 Å². The van der Waals surface area contributed by atoms with Crippen LogP contribution in [0.5, 0.6) is 0 Å². The maximum absolute atomic E-state index is 13.3. The topological polar surface area (TPSA) is 53.2 Å². The fourth-order valence-corrected chi connectivity index (χ4v) is 2.71. The molecular weight excluding hydrogens is 287 g/mol. The molecule has 2 aromatic rings. The Hall–Kier alpha value is -2.21. The molecule has 2 heterocycles. The Labute approximate surface area is 126 Å². The predicted molar refractivity (Wildman–Crippen MR) is 79.8 cm³/mol. The second-order valence-corrected chi connectivity index (χ2v) is 5.49. The average Bonchev–Trinajstić information content (AvgIpc) is 2.53. The van der Waals surface area contributed by atoms with Crippen LogP contribution in [-0.4, -0.2) is 22.3 Å². The van der Waals surface area contributed by atoms with Crippen LogP contribution in [0.2, 0.25) is 0 Å². The van der Waals surface area contributed by atoms with Crippen LogP contribution in [0.25, 0.3) is 5.69 Å². The van der Waals surface area contributed by atoms with Gasteiger partial charge < -0.3 is 9.30 Å². The Morgan fingerprint density at radius 2 is 2.09 bits per heavy atom. The highest BCUT2D eigenvalue weighted by Gasteiger charge is 2.16. The maximum Gasteiger partial charge on any atom is 0.320 e. The number of benzene rings is 1. The third-order valence-electron chi connectivity index (χ3n) is 3.85. The van der Waals surface area contributed by atoms with E-state index in [1.54, 1.807) is 12.3 Å². The number of halogens is 1. The molecule has 0 saturated carbocycles. The molecule has 0 spiro atoms. The largest absolute Gasteiger partial charge is 0.381 e. The Kier molecular flexibility index (Phi) is 4.20. The zero-order valence-electron chi connectivity index (χ0n) is 12.1. The van der Waals surface area contributed by atoms with E-state index in [2.05, 4.69) is 0 Å². The van der Waals surface area contributed by atoms with Crippen molar-refractivity contribution in [3.05, 3.63) is 63.2 Å². The van der Waals surface area contributed by atoms with Gasteiger partial charge in [0.2, 0.25) is 0 Å². The Bertz CT molecular complexity index is 775. The lowest BCUT2D eigenvalue weighted by molar-refractivity contribution is 0.0479. The number of hydrogen-bond acceptors (Lipinski definition) is 3. The van der Waals surface area contributed by atoms with Crippen molar-refractivity contribution in [2.45, 2.75) is 19.4 Å². The second kappa shape index (κ2) is 6.27. The molecule has 1 aromatic carbocycles. The number of hydrogen-bond donors (Lipinski definition) is 0. The molecular formula is C16H17FN2O3. The fourth-order valence-electron chi connectivity index (χ4n) is 2.71. The molecule has 0 aliphatic carbocycles. The van der Waals surface area contributed by atoms with Crippen molar-refractivity contribution in [2.24, 2.45) is 5.92 Å². The van der Waals surface area contributed by atoms with E-state index in [0.29, 0.717) is 18.8 Å². The summed E-state index contributed by atoms with van der Waals surface area (Å²) in [5.41, 5.74) is -0.933. The molecule has 0 N–H and O–H groups in total. The minimum absolute atomic E-state index is 0.246. The van der Waals surface area contributed by atoms with Gasteiger partial charge in [0.25, 0.3) is 0 Å². The molecule has 1 aromatic heterocycles. The lowest BCUT2D eigenvalue weighted by Crippen LogP contribution is -2.41. The van der Waals surface area contributed by atoms with Crippen molar-refractivity contribution in [3.8, 4) is 5.69 Å². The first kappa shape index (κ1) is 14.7. The summed E-state index contributed by atoms with van der Waals surface area (Å²) in [7, 11) is 0. The van der Waals surface area contributed by atoms with Crippen LogP contribution in [0.1, 0.15) is 12.8 Å². The van der Waals surface area contributed by atoms with Crippen molar-refractivity contribution in [1.82, 2.24) is 9.13 Å². The first-order chi connectivity index (χ1) is 10.6. The van der Waals surface area contributed by atoms with Crippen LogP contribution >= 0.6 is 0 Å². The zero-order valence-corrected chi connectivity index (χ0v) is 12.1. The first-order valence-corrected chi connectivity index (χ1v) is 7.31. The average molecular weight is 304 g/mol. The summed E-state index contributed by atoms with van der Waals surface area (Å²) in [5, 5.41) is 0. The maximum atomic E-state index is 13.3. The Balaban J connectivity index is 1.91. The summed E-state index contributed by atoms with van der Waals surface area (Å²) in [6.07, 6.45) is 5.03. The summed E-state index contributed by atoms with van der Waals surface area (Å²) in [5.74, 6) is -0.205. The van der Waals surface area contributed by atoms with Gasteiger partial charge >= 0.3 is 11.1 Å². The smallest absolute Gasteiger partial charge is 0.320 e. The molecule has 3 rings (SSSR count). The summed E-state index contributed by atoms with van der Waals surface area (Å²) < 4.78 is 21.2. The van der Waals surface area contributed by atoms with E-state index in [-0.39, 0.29) is 5.92 Å². The Morgan fingerprint density at radius 1 is 1.23 bits per heavy atom. The molecule has 1 unspecified atom stereocenters. The van der Waals surface area contributed by atoms with Crippen LogP contribution in [0.4, 0.5) is 4.39 Å². The van der Waals surface area contributed by atoms with Gasteiger partial charge in [0, 0.05) is 31.5 Å². The summed E-state index contributed by atoms with van der Waals surface area (Å²) in [4.78, 5) is 24.4. The fraction of sp³-hybridized carbons (Fsp3) is 0.375. The molecule has 0 radical (unpaired) electrons. The number of aromatic nitrogens is 2. The van der Waals surface area contributed by atoms with Gasteiger partial charge in [-0.3, -0.25) is 14.2 Å². The molecule has 5 nitrogen and oxygen atoms in total. The SMILES string of the molecule is O=c1c(=O)n(-c2cccc(F)c2)ccn1CC1CCCOC1. The van der Waals surface area contributed by atoms with Crippen LogP contribution < -0.4 is 11.1 Å². The van der Waals surface area contributed by atoms with Gasteiger partial charge in [0.05, 0.1) is 12.3 Å². The molecule has 0 amide bonds. The molecule has 22 heavy (non-hydrogen) atoms. The molecule has 116 valence electrons. The number of ether oxygens (including phenoxy) is 1. The van der Waals surface area contributed by atoms with Crippen LogP contribution in [0, 0.1) is 11.7 Å². The van der Waals surface area contributed by atoms with Crippen molar-refractivity contribution >= 4 is 0 Å². The van der Waals surface area contributed by atoms with Crippen LogP contribution in [-0.2, 0) is 11.3 Å². The summed E-state index contributed by atoms with van der Waals surface area (Å²) >= 11 is 0. The quantitative estimate of drug-likeness (QED) is 0.809. The highest BCUT2D eigenvalue weighted by Crippen LogP contribution is 2.14. The molecule has 1 fully saturated rings. The van der Waals surface area contributed by atoms with Crippen molar-refractivity contribution in [1.29, 1.82) is 0 Å². The van der Waals surface area contributed by atoms with E-state index in [4.69, 9.17) is 4.74 Å². The minimum Gasteiger partial charge on any atom is -0.381 e. The van der Waals surface area contributed by atoms with Gasteiger partial charge in [-0.1, -0.05) is 6.07 Å². The monoisotopic (exact) mass is 304 g/mol. The van der Waals surface area contributed by atoms with Crippen LogP contribution in [0.3, 0.4) is 0 Å². The van der Waals surface area contributed by atoms with Crippen molar-refractivity contribution < 1.29 is 9.13 Å². The minimum atomic E-state index is -0.676. The molecule has 1 saturated heterocycles.